The van der Waals surface area contributed by atoms with E-state index in [1.807, 2.05) is 6.07 Å². The lowest BCUT2D eigenvalue weighted by Gasteiger charge is -1.95. The number of nitrogens with zero attached hydrogens (tertiary/aromatic N) is 2. The number of aromatic nitrogens is 2. The van der Waals surface area contributed by atoms with Gasteiger partial charge in [0.2, 0.25) is 0 Å². The van der Waals surface area contributed by atoms with Gasteiger partial charge in [0.25, 0.3) is 0 Å². The van der Waals surface area contributed by atoms with Gasteiger partial charge in [0, 0.05) is 5.69 Å². The number of thioether (sulfide) groups is 1. The molecule has 0 unspecified atom stereocenters. The molecule has 5 heteroatoms. The molecule has 1 N–H and O–H groups in total. The Labute approximate surface area is 73.6 Å². The number of nitrogens with one attached hydrogen (secondary N) is 1. The highest BCUT2D eigenvalue weighted by Crippen LogP contribution is 2.12. The Morgan fingerprint density at radius 3 is 3.17 bits per heavy atom. The minimum Gasteiger partial charge on any atom is -0.310 e. The Bertz CT molecular complexity index is 366. The van der Waals surface area contributed by atoms with Crippen LogP contribution in [0.3, 0.4) is 0 Å². The zero-order valence-corrected chi connectivity index (χ0v) is 7.31. The Kier molecular flexibility index (Phi) is 2.88. The first-order valence-corrected chi connectivity index (χ1v) is 4.28. The Morgan fingerprint density at radius 1 is 1.83 bits per heavy atom. The van der Waals surface area contributed by atoms with Crippen LogP contribution in [0.15, 0.2) is 15.9 Å². The van der Waals surface area contributed by atoms with Gasteiger partial charge in [-0.3, -0.25) is 0 Å². The fraction of sp³-hybridized carbons (Fsp3) is 0.286. The van der Waals surface area contributed by atoms with Crippen LogP contribution in [0.5, 0.6) is 0 Å². The smallest absolute Gasteiger partial charge is 0.310 e. The average Bonchev–Trinajstić information content (AvgIpc) is 1.99. The quantitative estimate of drug-likeness (QED) is 0.538. The molecule has 62 valence electrons. The summed E-state index contributed by atoms with van der Waals surface area (Å²) in [5, 5.41) is 8.88. The molecule has 1 aromatic heterocycles. The molecule has 0 saturated heterocycles. The van der Waals surface area contributed by atoms with Gasteiger partial charge in [-0.1, -0.05) is 11.8 Å². The van der Waals surface area contributed by atoms with Crippen molar-refractivity contribution in [2.75, 3.05) is 5.75 Å². The number of hydrogen-bond acceptors (Lipinski definition) is 4. The molecule has 0 spiro atoms. The highest BCUT2D eigenvalue weighted by atomic mass is 32.2. The van der Waals surface area contributed by atoms with Gasteiger partial charge in [0.15, 0.2) is 0 Å². The molecular formula is C7H7N3OS. The second-order valence-corrected chi connectivity index (χ2v) is 3.15. The minimum absolute atomic E-state index is 0.315. The number of H-pyrrole nitrogens is 1. The standard InChI is InChI=1S/C7H7N3OS/c1-5-4-6(12-3-2-8)10-7(11)9-5/h4H,3H2,1H3,(H,9,10,11). The normalized spacial score (nSPS) is 9.33. The van der Waals surface area contributed by atoms with Crippen molar-refractivity contribution in [3.63, 3.8) is 0 Å². The van der Waals surface area contributed by atoms with Crippen LogP contribution >= 0.6 is 11.8 Å². The summed E-state index contributed by atoms with van der Waals surface area (Å²) in [6.45, 7) is 1.78. The van der Waals surface area contributed by atoms with E-state index in [0.29, 0.717) is 10.8 Å². The summed E-state index contributed by atoms with van der Waals surface area (Å²) in [6, 6.07) is 3.71. The molecule has 0 saturated carbocycles. The lowest BCUT2D eigenvalue weighted by atomic mass is 10.5. The average molecular weight is 181 g/mol. The van der Waals surface area contributed by atoms with Gasteiger partial charge in [-0.25, -0.2) is 4.79 Å². The topological polar surface area (TPSA) is 69.5 Å². The van der Waals surface area contributed by atoms with Crippen LogP contribution in [0.4, 0.5) is 0 Å². The number of rotatable bonds is 2. The van der Waals surface area contributed by atoms with Crippen molar-refractivity contribution in [2.24, 2.45) is 0 Å². The van der Waals surface area contributed by atoms with E-state index in [1.54, 1.807) is 13.0 Å². The van der Waals surface area contributed by atoms with Gasteiger partial charge in [-0.15, -0.1) is 0 Å². The second-order valence-electron chi connectivity index (χ2n) is 2.15. The van der Waals surface area contributed by atoms with Crippen molar-refractivity contribution < 1.29 is 0 Å². The maximum absolute atomic E-state index is 10.8. The monoisotopic (exact) mass is 181 g/mol. The van der Waals surface area contributed by atoms with Crippen LogP contribution in [0, 0.1) is 18.3 Å². The van der Waals surface area contributed by atoms with Crippen LogP contribution < -0.4 is 5.69 Å². The first-order valence-electron chi connectivity index (χ1n) is 3.30. The zero-order chi connectivity index (χ0) is 8.97. The van der Waals surface area contributed by atoms with Crippen LogP contribution in [0.25, 0.3) is 0 Å². The summed E-state index contributed by atoms with van der Waals surface area (Å²) in [6.07, 6.45) is 0. The Hall–Kier alpha value is -1.28. The largest absolute Gasteiger partial charge is 0.346 e. The van der Waals surface area contributed by atoms with Crippen molar-refractivity contribution in [3.05, 3.63) is 22.2 Å². The van der Waals surface area contributed by atoms with E-state index < -0.39 is 0 Å². The molecule has 0 bridgehead atoms. The summed E-state index contributed by atoms with van der Waals surface area (Å²) < 4.78 is 0. The molecule has 0 aliphatic carbocycles. The van der Waals surface area contributed by atoms with Crippen LogP contribution in [0.1, 0.15) is 5.69 Å². The fourth-order valence-corrected chi connectivity index (χ4v) is 1.35. The minimum atomic E-state index is -0.365. The molecule has 12 heavy (non-hydrogen) atoms. The summed E-state index contributed by atoms with van der Waals surface area (Å²) >= 11 is 1.26. The fourth-order valence-electron chi connectivity index (χ4n) is 0.730. The Morgan fingerprint density at radius 2 is 2.58 bits per heavy atom. The molecule has 0 amide bonds. The number of aromatic amines is 1. The molecule has 0 aliphatic heterocycles. The van der Waals surface area contributed by atoms with Crippen LogP contribution in [-0.4, -0.2) is 15.7 Å². The highest BCUT2D eigenvalue weighted by molar-refractivity contribution is 7.99. The maximum atomic E-state index is 10.8. The summed E-state index contributed by atoms with van der Waals surface area (Å²) in [7, 11) is 0. The predicted octanol–water partition coefficient (Wildman–Crippen LogP) is 0.694. The highest BCUT2D eigenvalue weighted by Gasteiger charge is 1.97. The first-order chi connectivity index (χ1) is 5.72. The third-order valence-corrected chi connectivity index (χ3v) is 1.92. The van der Waals surface area contributed by atoms with E-state index >= 15 is 0 Å². The molecule has 0 aliphatic rings. The second kappa shape index (κ2) is 3.93. The molecular weight excluding hydrogens is 174 g/mol. The molecule has 1 aromatic rings. The van der Waals surface area contributed by atoms with Gasteiger partial charge in [0.1, 0.15) is 5.03 Å². The molecule has 4 nitrogen and oxygen atoms in total. The third kappa shape index (κ3) is 2.40. The molecule has 0 aromatic carbocycles. The van der Waals surface area contributed by atoms with E-state index in [9.17, 15) is 4.79 Å². The number of aryl methyl sites for hydroxylation is 1. The summed E-state index contributed by atoms with van der Waals surface area (Å²) in [5.74, 6) is 0.315. The third-order valence-electron chi connectivity index (χ3n) is 1.14. The predicted molar refractivity (Wildman–Crippen MR) is 45.9 cm³/mol. The van der Waals surface area contributed by atoms with Crippen molar-refractivity contribution in [2.45, 2.75) is 11.9 Å². The van der Waals surface area contributed by atoms with Crippen molar-refractivity contribution >= 4 is 11.8 Å². The van der Waals surface area contributed by atoms with Gasteiger partial charge in [0.05, 0.1) is 11.8 Å². The SMILES string of the molecule is Cc1cc(SCC#N)nc(=O)[nH]1. The molecule has 0 fully saturated rings. The molecule has 0 atom stereocenters. The van der Waals surface area contributed by atoms with Crippen molar-refractivity contribution in [1.82, 2.24) is 9.97 Å². The summed E-state index contributed by atoms with van der Waals surface area (Å²) in [4.78, 5) is 17.0. The van der Waals surface area contributed by atoms with E-state index in [0.717, 1.165) is 5.69 Å². The first kappa shape index (κ1) is 8.81. The lowest BCUT2D eigenvalue weighted by Crippen LogP contribution is -2.11. The number of nitriles is 1. The van der Waals surface area contributed by atoms with Gasteiger partial charge < -0.3 is 4.98 Å². The van der Waals surface area contributed by atoms with Crippen LogP contribution in [0.2, 0.25) is 0 Å². The molecule has 1 heterocycles. The van der Waals surface area contributed by atoms with E-state index in [1.165, 1.54) is 11.8 Å². The van der Waals surface area contributed by atoms with Gasteiger partial charge in [-0.2, -0.15) is 10.2 Å². The molecule has 0 radical (unpaired) electrons. The zero-order valence-electron chi connectivity index (χ0n) is 6.50. The lowest BCUT2D eigenvalue weighted by molar-refractivity contribution is 0.946. The Balaban J connectivity index is 2.87. The van der Waals surface area contributed by atoms with E-state index in [-0.39, 0.29) is 5.69 Å². The maximum Gasteiger partial charge on any atom is 0.346 e. The molecule has 1 rings (SSSR count). The summed E-state index contributed by atoms with van der Waals surface area (Å²) in [5.41, 5.74) is 0.394. The van der Waals surface area contributed by atoms with E-state index in [4.69, 9.17) is 5.26 Å². The van der Waals surface area contributed by atoms with Crippen molar-refractivity contribution in [3.8, 4) is 6.07 Å². The van der Waals surface area contributed by atoms with Gasteiger partial charge >= 0.3 is 5.69 Å². The van der Waals surface area contributed by atoms with E-state index in [2.05, 4.69) is 9.97 Å². The van der Waals surface area contributed by atoms with Crippen molar-refractivity contribution in [1.29, 1.82) is 5.26 Å². The van der Waals surface area contributed by atoms with Gasteiger partial charge in [-0.05, 0) is 13.0 Å². The van der Waals surface area contributed by atoms with Crippen LogP contribution in [-0.2, 0) is 0 Å². The number of hydrogen-bond donors (Lipinski definition) is 1.